The van der Waals surface area contributed by atoms with E-state index >= 15 is 0 Å². The Balaban J connectivity index is 1.85. The van der Waals surface area contributed by atoms with Crippen LogP contribution in [0.3, 0.4) is 0 Å². The fourth-order valence-corrected chi connectivity index (χ4v) is 3.24. The molecular weight excluding hydrogens is 394 g/mol. The number of hydroxylamine groups is 2. The first-order chi connectivity index (χ1) is 15.0. The van der Waals surface area contributed by atoms with E-state index in [4.69, 9.17) is 16.3 Å². The number of aliphatic imine (C=N–C) groups is 1. The summed E-state index contributed by atoms with van der Waals surface area (Å²) in [5.74, 6) is 0.0624. The van der Waals surface area contributed by atoms with E-state index in [0.717, 1.165) is 17.7 Å². The molecule has 8 heteroatoms. The number of hydrogen-bond acceptors (Lipinski definition) is 7. The first-order valence-corrected chi connectivity index (χ1v) is 10.3. The van der Waals surface area contributed by atoms with E-state index < -0.39 is 6.23 Å². The molecule has 1 unspecified atom stereocenters. The maximum atomic E-state index is 13.0. The Kier molecular flexibility index (Phi) is 7.77. The lowest BCUT2D eigenvalue weighted by atomic mass is 10.0. The van der Waals surface area contributed by atoms with Gasteiger partial charge in [-0.1, -0.05) is 37.3 Å². The van der Waals surface area contributed by atoms with Crippen LogP contribution in [0.1, 0.15) is 37.1 Å². The van der Waals surface area contributed by atoms with Crippen molar-refractivity contribution in [3.63, 3.8) is 0 Å². The molecule has 31 heavy (non-hydrogen) atoms. The van der Waals surface area contributed by atoms with Crippen LogP contribution in [0.15, 0.2) is 59.1 Å². The van der Waals surface area contributed by atoms with Crippen molar-refractivity contribution in [1.29, 1.82) is 0 Å². The SMILES string of the molecule is CCCN(OCCN)C(=O)C1=Cc2ccc(C(O)Nc3ccccc3)cc2N=C(N)C1. The molecule has 2 aromatic rings. The Morgan fingerprint density at radius 1 is 1.29 bits per heavy atom. The lowest BCUT2D eigenvalue weighted by Crippen LogP contribution is -2.35. The van der Waals surface area contributed by atoms with Crippen molar-refractivity contribution in [2.45, 2.75) is 26.0 Å². The number of aliphatic hydroxyl groups excluding tert-OH is 1. The summed E-state index contributed by atoms with van der Waals surface area (Å²) in [7, 11) is 0. The van der Waals surface area contributed by atoms with Crippen molar-refractivity contribution < 1.29 is 14.7 Å². The number of carbonyl (C=O) groups is 1. The molecule has 0 saturated heterocycles. The number of benzene rings is 2. The van der Waals surface area contributed by atoms with Gasteiger partial charge in [0.05, 0.1) is 12.3 Å². The molecule has 1 aliphatic heterocycles. The molecular formula is C23H29N5O3. The number of fused-ring (bicyclic) bond motifs is 1. The molecule has 1 atom stereocenters. The van der Waals surface area contributed by atoms with Gasteiger partial charge in [0.2, 0.25) is 0 Å². The molecule has 164 valence electrons. The monoisotopic (exact) mass is 423 g/mol. The van der Waals surface area contributed by atoms with Gasteiger partial charge in [-0.2, -0.15) is 0 Å². The van der Waals surface area contributed by atoms with E-state index in [2.05, 4.69) is 10.3 Å². The first kappa shape index (κ1) is 22.5. The van der Waals surface area contributed by atoms with E-state index in [9.17, 15) is 9.90 Å². The summed E-state index contributed by atoms with van der Waals surface area (Å²) in [5.41, 5.74) is 14.9. The second-order valence-electron chi connectivity index (χ2n) is 7.21. The number of nitrogens with zero attached hydrogens (tertiary/aromatic N) is 2. The molecule has 6 N–H and O–H groups in total. The number of amides is 1. The molecule has 2 aromatic carbocycles. The van der Waals surface area contributed by atoms with Crippen molar-refractivity contribution in [3.8, 4) is 0 Å². The van der Waals surface area contributed by atoms with Gasteiger partial charge in [-0.3, -0.25) is 9.63 Å². The number of rotatable bonds is 9. The molecule has 0 aromatic heterocycles. The summed E-state index contributed by atoms with van der Waals surface area (Å²) in [6.07, 6.45) is 1.82. The molecule has 3 rings (SSSR count). The highest BCUT2D eigenvalue weighted by atomic mass is 16.7. The first-order valence-electron chi connectivity index (χ1n) is 10.3. The van der Waals surface area contributed by atoms with Crippen LogP contribution in [-0.4, -0.2) is 41.6 Å². The van der Waals surface area contributed by atoms with Gasteiger partial charge in [0, 0.05) is 41.9 Å². The largest absolute Gasteiger partial charge is 0.387 e. The smallest absolute Gasteiger partial charge is 0.273 e. The zero-order valence-corrected chi connectivity index (χ0v) is 17.6. The van der Waals surface area contributed by atoms with E-state index in [1.807, 2.05) is 43.3 Å². The van der Waals surface area contributed by atoms with Crippen molar-refractivity contribution in [2.24, 2.45) is 16.5 Å². The predicted octanol–water partition coefficient (Wildman–Crippen LogP) is 2.69. The zero-order valence-electron chi connectivity index (χ0n) is 17.6. The van der Waals surface area contributed by atoms with Crippen LogP contribution in [0.5, 0.6) is 0 Å². The van der Waals surface area contributed by atoms with E-state index in [1.165, 1.54) is 5.06 Å². The molecule has 0 aliphatic carbocycles. The Morgan fingerprint density at radius 3 is 2.77 bits per heavy atom. The number of nitrogens with two attached hydrogens (primary N) is 2. The Morgan fingerprint density at radius 2 is 2.06 bits per heavy atom. The molecule has 0 fully saturated rings. The Bertz CT molecular complexity index is 959. The van der Waals surface area contributed by atoms with Crippen LogP contribution >= 0.6 is 0 Å². The van der Waals surface area contributed by atoms with Gasteiger partial charge in [-0.25, -0.2) is 10.1 Å². The van der Waals surface area contributed by atoms with Crippen molar-refractivity contribution >= 4 is 29.2 Å². The van der Waals surface area contributed by atoms with E-state index in [-0.39, 0.29) is 18.9 Å². The standard InChI is InChI=1S/C23H29N5O3/c1-2-11-28(31-12-10-24)23(30)18-13-16-8-9-17(14-20(16)27-21(25)15-18)22(29)26-19-6-4-3-5-7-19/h3-9,13-14,22,26,29H,2,10-12,15,24H2,1H3,(H2,25,27). The van der Waals surface area contributed by atoms with Crippen LogP contribution < -0.4 is 16.8 Å². The number of anilines is 1. The molecule has 8 nitrogen and oxygen atoms in total. The van der Waals surface area contributed by atoms with Crippen LogP contribution in [0.4, 0.5) is 11.4 Å². The lowest BCUT2D eigenvalue weighted by molar-refractivity contribution is -0.181. The summed E-state index contributed by atoms with van der Waals surface area (Å²) in [6.45, 7) is 3.00. The third-order valence-electron chi connectivity index (χ3n) is 4.71. The summed E-state index contributed by atoms with van der Waals surface area (Å²) in [5, 5.41) is 14.9. The summed E-state index contributed by atoms with van der Waals surface area (Å²) >= 11 is 0. The lowest BCUT2D eigenvalue weighted by Gasteiger charge is -2.22. The van der Waals surface area contributed by atoms with Crippen molar-refractivity contribution in [3.05, 3.63) is 65.2 Å². The van der Waals surface area contributed by atoms with Gasteiger partial charge < -0.3 is 21.9 Å². The van der Waals surface area contributed by atoms with E-state index in [0.29, 0.717) is 35.7 Å². The molecule has 0 saturated carbocycles. The van der Waals surface area contributed by atoms with Crippen molar-refractivity contribution in [2.75, 3.05) is 25.0 Å². The fourth-order valence-electron chi connectivity index (χ4n) is 3.24. The Hall–Kier alpha value is -3.20. The summed E-state index contributed by atoms with van der Waals surface area (Å²) in [4.78, 5) is 23.0. The van der Waals surface area contributed by atoms with Gasteiger partial charge in [0.25, 0.3) is 5.91 Å². The normalized spacial score (nSPS) is 14.0. The average Bonchev–Trinajstić information content (AvgIpc) is 2.94. The second-order valence-corrected chi connectivity index (χ2v) is 7.21. The summed E-state index contributed by atoms with van der Waals surface area (Å²) in [6, 6.07) is 14.8. The Labute approximate surface area is 182 Å². The number of amidine groups is 1. The minimum Gasteiger partial charge on any atom is -0.387 e. The molecule has 1 heterocycles. The topological polar surface area (TPSA) is 126 Å². The number of para-hydroxylation sites is 1. The number of aliphatic hydroxyl groups is 1. The van der Waals surface area contributed by atoms with Gasteiger partial charge in [0.1, 0.15) is 5.84 Å². The van der Waals surface area contributed by atoms with Gasteiger partial charge in [0.15, 0.2) is 6.23 Å². The fraction of sp³-hybridized carbons (Fsp3) is 0.304. The number of nitrogens with one attached hydrogen (secondary N) is 1. The maximum Gasteiger partial charge on any atom is 0.273 e. The number of carbonyl (C=O) groups excluding carboxylic acids is 1. The highest BCUT2D eigenvalue weighted by Crippen LogP contribution is 2.30. The van der Waals surface area contributed by atoms with Gasteiger partial charge >= 0.3 is 0 Å². The average molecular weight is 424 g/mol. The molecule has 1 amide bonds. The maximum absolute atomic E-state index is 13.0. The minimum atomic E-state index is -0.915. The van der Waals surface area contributed by atoms with E-state index in [1.54, 1.807) is 18.2 Å². The molecule has 0 radical (unpaired) electrons. The van der Waals surface area contributed by atoms with Crippen LogP contribution in [0, 0.1) is 0 Å². The minimum absolute atomic E-state index is 0.208. The quantitative estimate of drug-likeness (QED) is 0.363. The summed E-state index contributed by atoms with van der Waals surface area (Å²) < 4.78 is 0. The van der Waals surface area contributed by atoms with Gasteiger partial charge in [-0.05, 0) is 30.7 Å². The second kappa shape index (κ2) is 10.7. The molecule has 0 bridgehead atoms. The van der Waals surface area contributed by atoms with Crippen molar-refractivity contribution in [1.82, 2.24) is 5.06 Å². The van der Waals surface area contributed by atoms with Crippen LogP contribution in [-0.2, 0) is 9.63 Å². The van der Waals surface area contributed by atoms with Gasteiger partial charge in [-0.15, -0.1) is 0 Å². The third-order valence-corrected chi connectivity index (χ3v) is 4.71. The highest BCUT2D eigenvalue weighted by Gasteiger charge is 2.22. The van der Waals surface area contributed by atoms with Crippen LogP contribution in [0.25, 0.3) is 6.08 Å². The van der Waals surface area contributed by atoms with Crippen LogP contribution in [0.2, 0.25) is 0 Å². The zero-order chi connectivity index (χ0) is 22.2. The molecule has 0 spiro atoms. The molecule has 1 aliphatic rings. The number of hydrogen-bond donors (Lipinski definition) is 4. The third kappa shape index (κ3) is 5.91. The predicted molar refractivity (Wildman–Crippen MR) is 122 cm³/mol. The highest BCUT2D eigenvalue weighted by molar-refractivity contribution is 6.05.